The van der Waals surface area contributed by atoms with Gasteiger partial charge in [0.05, 0.1) is 0 Å². The average molecular weight is 211 g/mol. The third-order valence-corrected chi connectivity index (χ3v) is 4.05. The number of hydrogen-bond acceptors (Lipinski definition) is 2. The molecule has 2 atom stereocenters. The predicted octanol–water partition coefficient (Wildman–Crippen LogP) is 2.44. The van der Waals surface area contributed by atoms with E-state index in [-0.39, 0.29) is 0 Å². The minimum absolute atomic E-state index is 0.948. The second-order valence-corrected chi connectivity index (χ2v) is 5.24. The first kappa shape index (κ1) is 11.4. The van der Waals surface area contributed by atoms with Gasteiger partial charge in [0.25, 0.3) is 0 Å². The van der Waals surface area contributed by atoms with E-state index < -0.39 is 0 Å². The molecule has 15 heavy (non-hydrogen) atoms. The normalized spacial score (nSPS) is 29.0. The molecule has 1 saturated carbocycles. The molecule has 2 aliphatic rings. The Morgan fingerprint density at radius 2 is 2.13 bits per heavy atom. The van der Waals surface area contributed by atoms with Gasteiger partial charge in [-0.25, -0.2) is 0 Å². The van der Waals surface area contributed by atoms with E-state index in [4.69, 9.17) is 4.74 Å². The zero-order valence-electron chi connectivity index (χ0n) is 10.0. The first-order chi connectivity index (χ1) is 7.42. The lowest BCUT2D eigenvalue weighted by molar-refractivity contribution is 0.165. The molecule has 1 aliphatic carbocycles. The highest BCUT2D eigenvalue weighted by molar-refractivity contribution is 4.87. The van der Waals surface area contributed by atoms with Crippen molar-refractivity contribution in [3.8, 4) is 0 Å². The van der Waals surface area contributed by atoms with Crippen LogP contribution in [0.25, 0.3) is 0 Å². The van der Waals surface area contributed by atoms with Crippen LogP contribution in [-0.4, -0.2) is 26.8 Å². The van der Waals surface area contributed by atoms with Crippen LogP contribution in [0.2, 0.25) is 0 Å². The molecular weight excluding hydrogens is 186 g/mol. The molecule has 1 N–H and O–H groups in total. The van der Waals surface area contributed by atoms with Crippen LogP contribution in [0.3, 0.4) is 0 Å². The van der Waals surface area contributed by atoms with E-state index in [1.165, 1.54) is 51.6 Å². The van der Waals surface area contributed by atoms with Gasteiger partial charge < -0.3 is 10.1 Å². The highest BCUT2D eigenvalue weighted by Crippen LogP contribution is 2.44. The van der Waals surface area contributed by atoms with E-state index in [0.717, 1.165) is 24.4 Å². The summed E-state index contributed by atoms with van der Waals surface area (Å²) >= 11 is 0. The fourth-order valence-corrected chi connectivity index (χ4v) is 3.09. The molecule has 1 aliphatic heterocycles. The van der Waals surface area contributed by atoms with Gasteiger partial charge in [0, 0.05) is 13.7 Å². The Balaban J connectivity index is 1.76. The first-order valence-electron chi connectivity index (χ1n) is 6.61. The van der Waals surface area contributed by atoms with Gasteiger partial charge in [-0.05, 0) is 69.4 Å². The first-order valence-corrected chi connectivity index (χ1v) is 6.61. The van der Waals surface area contributed by atoms with Crippen LogP contribution in [0.15, 0.2) is 0 Å². The highest BCUT2D eigenvalue weighted by Gasteiger charge is 2.36. The number of nitrogens with one attached hydrogen (secondary N) is 1. The SMILES string of the molecule is COCCCC(C1CC1)C1CCCNC1. The van der Waals surface area contributed by atoms with Crippen molar-refractivity contribution in [3.63, 3.8) is 0 Å². The van der Waals surface area contributed by atoms with Crippen molar-refractivity contribution in [2.24, 2.45) is 17.8 Å². The molecule has 2 fully saturated rings. The minimum atomic E-state index is 0.948. The fraction of sp³-hybridized carbons (Fsp3) is 1.00. The maximum atomic E-state index is 5.16. The molecule has 0 aromatic heterocycles. The van der Waals surface area contributed by atoms with Gasteiger partial charge in [0.1, 0.15) is 0 Å². The molecule has 2 nitrogen and oxygen atoms in total. The van der Waals surface area contributed by atoms with Crippen LogP contribution in [0.4, 0.5) is 0 Å². The summed E-state index contributed by atoms with van der Waals surface area (Å²) in [6.07, 6.45) is 8.49. The Labute approximate surface area is 93.8 Å². The Morgan fingerprint density at radius 1 is 1.27 bits per heavy atom. The van der Waals surface area contributed by atoms with Gasteiger partial charge in [-0.1, -0.05) is 0 Å². The van der Waals surface area contributed by atoms with Crippen molar-refractivity contribution in [1.82, 2.24) is 5.32 Å². The topological polar surface area (TPSA) is 21.3 Å². The Hall–Kier alpha value is -0.0800. The number of methoxy groups -OCH3 is 1. The monoisotopic (exact) mass is 211 g/mol. The zero-order chi connectivity index (χ0) is 10.5. The van der Waals surface area contributed by atoms with Crippen LogP contribution in [-0.2, 0) is 4.74 Å². The number of piperidine rings is 1. The van der Waals surface area contributed by atoms with Crippen LogP contribution in [0.1, 0.15) is 38.5 Å². The van der Waals surface area contributed by atoms with Gasteiger partial charge in [-0.3, -0.25) is 0 Å². The molecule has 0 radical (unpaired) electrons. The van der Waals surface area contributed by atoms with Gasteiger partial charge in [-0.2, -0.15) is 0 Å². The van der Waals surface area contributed by atoms with Crippen molar-refractivity contribution in [3.05, 3.63) is 0 Å². The molecule has 0 aromatic rings. The number of ether oxygens (including phenoxy) is 1. The summed E-state index contributed by atoms with van der Waals surface area (Å²) in [7, 11) is 1.81. The van der Waals surface area contributed by atoms with E-state index in [2.05, 4.69) is 5.32 Å². The lowest BCUT2D eigenvalue weighted by Crippen LogP contribution is -2.35. The van der Waals surface area contributed by atoms with E-state index >= 15 is 0 Å². The summed E-state index contributed by atoms with van der Waals surface area (Å²) in [6, 6.07) is 0. The van der Waals surface area contributed by atoms with Gasteiger partial charge in [0.15, 0.2) is 0 Å². The fourth-order valence-electron chi connectivity index (χ4n) is 3.09. The van der Waals surface area contributed by atoms with Gasteiger partial charge in [0.2, 0.25) is 0 Å². The Kier molecular flexibility index (Phi) is 4.45. The van der Waals surface area contributed by atoms with E-state index in [1.54, 1.807) is 0 Å². The third kappa shape index (κ3) is 3.46. The van der Waals surface area contributed by atoms with Crippen molar-refractivity contribution in [2.75, 3.05) is 26.8 Å². The molecule has 2 heteroatoms. The van der Waals surface area contributed by atoms with E-state index in [1.807, 2.05) is 7.11 Å². The van der Waals surface area contributed by atoms with Crippen LogP contribution in [0.5, 0.6) is 0 Å². The maximum absolute atomic E-state index is 5.16. The summed E-state index contributed by atoms with van der Waals surface area (Å²) in [5.41, 5.74) is 0. The molecule has 2 unspecified atom stereocenters. The molecule has 0 amide bonds. The summed E-state index contributed by atoms with van der Waals surface area (Å²) in [4.78, 5) is 0. The quantitative estimate of drug-likeness (QED) is 0.681. The van der Waals surface area contributed by atoms with Crippen molar-refractivity contribution in [1.29, 1.82) is 0 Å². The van der Waals surface area contributed by atoms with E-state index in [0.29, 0.717) is 0 Å². The lowest BCUT2D eigenvalue weighted by Gasteiger charge is -2.31. The van der Waals surface area contributed by atoms with Crippen LogP contribution >= 0.6 is 0 Å². The Bertz CT molecular complexity index is 173. The maximum Gasteiger partial charge on any atom is 0.0462 e. The highest BCUT2D eigenvalue weighted by atomic mass is 16.5. The van der Waals surface area contributed by atoms with Crippen LogP contribution < -0.4 is 5.32 Å². The van der Waals surface area contributed by atoms with Crippen molar-refractivity contribution in [2.45, 2.75) is 38.5 Å². The predicted molar refractivity (Wildman–Crippen MR) is 62.9 cm³/mol. The zero-order valence-corrected chi connectivity index (χ0v) is 10.0. The third-order valence-electron chi connectivity index (χ3n) is 4.05. The van der Waals surface area contributed by atoms with E-state index in [9.17, 15) is 0 Å². The molecule has 1 heterocycles. The molecule has 88 valence electrons. The molecule has 0 spiro atoms. The van der Waals surface area contributed by atoms with Crippen LogP contribution in [0, 0.1) is 17.8 Å². The standard InChI is InChI=1S/C13H25NO/c1-15-9-3-5-13(11-6-7-11)12-4-2-8-14-10-12/h11-14H,2-10H2,1H3. The van der Waals surface area contributed by atoms with Crippen molar-refractivity contribution >= 4 is 0 Å². The summed E-state index contributed by atoms with van der Waals surface area (Å²) in [6.45, 7) is 3.46. The summed E-state index contributed by atoms with van der Waals surface area (Å²) in [5.74, 6) is 3.02. The Morgan fingerprint density at radius 3 is 2.73 bits per heavy atom. The molecule has 1 saturated heterocycles. The van der Waals surface area contributed by atoms with Crippen molar-refractivity contribution < 1.29 is 4.74 Å². The van der Waals surface area contributed by atoms with Gasteiger partial charge in [-0.15, -0.1) is 0 Å². The average Bonchev–Trinajstić information content (AvgIpc) is 3.10. The number of rotatable bonds is 6. The second-order valence-electron chi connectivity index (χ2n) is 5.24. The smallest absolute Gasteiger partial charge is 0.0462 e. The summed E-state index contributed by atoms with van der Waals surface area (Å²) in [5, 5.41) is 3.56. The molecular formula is C13H25NO. The minimum Gasteiger partial charge on any atom is -0.385 e. The molecule has 0 aromatic carbocycles. The molecule has 0 bridgehead atoms. The second kappa shape index (κ2) is 5.86. The summed E-state index contributed by atoms with van der Waals surface area (Å²) < 4.78 is 5.16. The molecule has 2 rings (SSSR count). The lowest BCUT2D eigenvalue weighted by atomic mass is 9.80. The largest absolute Gasteiger partial charge is 0.385 e. The number of hydrogen-bond donors (Lipinski definition) is 1. The van der Waals surface area contributed by atoms with Gasteiger partial charge >= 0.3 is 0 Å².